The number of nitrogens with zero attached hydrogens (tertiary/aromatic N) is 2. The minimum Gasteiger partial charge on any atom is -0.437 e. The summed E-state index contributed by atoms with van der Waals surface area (Å²) in [5, 5.41) is 0.374. The standard InChI is InChI=1S/C13H11ClN2O2/c1-8-5-13(16-7-15-8)18-12-4-3-10(9(2)17)6-11(12)14/h3-7H,1-2H3. The van der Waals surface area contributed by atoms with Gasteiger partial charge in [-0.3, -0.25) is 4.79 Å². The van der Waals surface area contributed by atoms with Crippen molar-refractivity contribution >= 4 is 17.4 Å². The summed E-state index contributed by atoms with van der Waals surface area (Å²) in [6.45, 7) is 3.33. The van der Waals surface area contributed by atoms with Gasteiger partial charge in [0.05, 0.1) is 5.02 Å². The van der Waals surface area contributed by atoms with Gasteiger partial charge in [-0.2, -0.15) is 0 Å². The van der Waals surface area contributed by atoms with Crippen LogP contribution in [0.4, 0.5) is 0 Å². The number of hydrogen-bond donors (Lipinski definition) is 0. The number of rotatable bonds is 3. The normalized spacial score (nSPS) is 10.2. The second-order valence-electron chi connectivity index (χ2n) is 3.80. The molecule has 0 unspecified atom stereocenters. The first-order valence-electron chi connectivity index (χ1n) is 5.33. The molecule has 0 saturated heterocycles. The lowest BCUT2D eigenvalue weighted by molar-refractivity contribution is 0.101. The van der Waals surface area contributed by atoms with Crippen molar-refractivity contribution in [3.8, 4) is 11.6 Å². The first-order valence-corrected chi connectivity index (χ1v) is 5.71. The minimum absolute atomic E-state index is 0.0404. The van der Waals surface area contributed by atoms with Crippen LogP contribution < -0.4 is 4.74 Å². The smallest absolute Gasteiger partial charge is 0.222 e. The largest absolute Gasteiger partial charge is 0.437 e. The maximum Gasteiger partial charge on any atom is 0.222 e. The van der Waals surface area contributed by atoms with Crippen molar-refractivity contribution in [2.75, 3.05) is 0 Å². The molecule has 0 atom stereocenters. The van der Waals surface area contributed by atoms with Crippen LogP contribution in [0, 0.1) is 6.92 Å². The van der Waals surface area contributed by atoms with Gasteiger partial charge < -0.3 is 4.74 Å². The molecule has 0 spiro atoms. The second kappa shape index (κ2) is 5.14. The molecule has 0 N–H and O–H groups in total. The van der Waals surface area contributed by atoms with Crippen molar-refractivity contribution in [2.45, 2.75) is 13.8 Å². The average molecular weight is 263 g/mol. The van der Waals surface area contributed by atoms with Crippen molar-refractivity contribution < 1.29 is 9.53 Å². The monoisotopic (exact) mass is 262 g/mol. The summed E-state index contributed by atoms with van der Waals surface area (Å²) in [6, 6.07) is 6.59. The van der Waals surface area contributed by atoms with Gasteiger partial charge in [0.25, 0.3) is 0 Å². The number of carbonyl (C=O) groups excluding carboxylic acids is 1. The van der Waals surface area contributed by atoms with Gasteiger partial charge in [-0.05, 0) is 32.0 Å². The number of benzene rings is 1. The fourth-order valence-electron chi connectivity index (χ4n) is 1.40. The molecule has 0 fully saturated rings. The van der Waals surface area contributed by atoms with Gasteiger partial charge in [-0.25, -0.2) is 9.97 Å². The molecule has 0 radical (unpaired) electrons. The molecule has 0 bridgehead atoms. The number of hydrogen-bond acceptors (Lipinski definition) is 4. The zero-order valence-electron chi connectivity index (χ0n) is 9.98. The molecule has 0 aliphatic rings. The van der Waals surface area contributed by atoms with Gasteiger partial charge in [0.2, 0.25) is 5.88 Å². The first-order chi connectivity index (χ1) is 8.56. The zero-order valence-corrected chi connectivity index (χ0v) is 10.7. The fourth-order valence-corrected chi connectivity index (χ4v) is 1.62. The Bertz CT molecular complexity index is 599. The van der Waals surface area contributed by atoms with Crippen LogP contribution in [0.1, 0.15) is 23.0 Å². The number of carbonyl (C=O) groups is 1. The molecule has 2 rings (SSSR count). The lowest BCUT2D eigenvalue weighted by Gasteiger charge is -2.07. The maximum atomic E-state index is 11.2. The van der Waals surface area contributed by atoms with Crippen LogP contribution in [0.3, 0.4) is 0 Å². The molecular weight excluding hydrogens is 252 g/mol. The molecule has 5 heteroatoms. The van der Waals surface area contributed by atoms with Gasteiger partial charge >= 0.3 is 0 Å². The van der Waals surface area contributed by atoms with E-state index in [2.05, 4.69) is 9.97 Å². The van der Waals surface area contributed by atoms with E-state index in [1.54, 1.807) is 24.3 Å². The summed E-state index contributed by atoms with van der Waals surface area (Å²) in [7, 11) is 0. The van der Waals surface area contributed by atoms with Gasteiger partial charge in [-0.1, -0.05) is 11.6 Å². The highest BCUT2D eigenvalue weighted by Crippen LogP contribution is 2.29. The maximum absolute atomic E-state index is 11.2. The van der Waals surface area contributed by atoms with E-state index in [0.29, 0.717) is 22.2 Å². The van der Waals surface area contributed by atoms with E-state index in [1.807, 2.05) is 6.92 Å². The number of aryl methyl sites for hydroxylation is 1. The molecule has 1 aromatic heterocycles. The summed E-state index contributed by atoms with van der Waals surface area (Å²) in [4.78, 5) is 19.1. The van der Waals surface area contributed by atoms with Crippen molar-refractivity contribution in [1.82, 2.24) is 9.97 Å². The topological polar surface area (TPSA) is 52.1 Å². The fraction of sp³-hybridized carbons (Fsp3) is 0.154. The Morgan fingerprint density at radius 2 is 2.06 bits per heavy atom. The van der Waals surface area contributed by atoms with Crippen LogP contribution in [0.15, 0.2) is 30.6 Å². The Labute approximate surface area is 110 Å². The summed E-state index contributed by atoms with van der Waals surface area (Å²) >= 11 is 6.04. The Morgan fingerprint density at radius 1 is 1.28 bits per heavy atom. The van der Waals surface area contributed by atoms with Crippen molar-refractivity contribution in [3.63, 3.8) is 0 Å². The molecule has 18 heavy (non-hydrogen) atoms. The minimum atomic E-state index is -0.0404. The van der Waals surface area contributed by atoms with E-state index in [-0.39, 0.29) is 5.78 Å². The lowest BCUT2D eigenvalue weighted by atomic mass is 10.1. The van der Waals surface area contributed by atoms with Gasteiger partial charge in [0.15, 0.2) is 5.78 Å². The molecular formula is C13H11ClN2O2. The summed E-state index contributed by atoms with van der Waals surface area (Å²) in [5.41, 5.74) is 1.35. The van der Waals surface area contributed by atoms with Crippen LogP contribution in [-0.2, 0) is 0 Å². The van der Waals surface area contributed by atoms with Gasteiger partial charge in [0, 0.05) is 17.3 Å². The predicted octanol–water partition coefficient (Wildman–Crippen LogP) is 3.43. The highest BCUT2D eigenvalue weighted by Gasteiger charge is 2.07. The van der Waals surface area contributed by atoms with E-state index < -0.39 is 0 Å². The lowest BCUT2D eigenvalue weighted by Crippen LogP contribution is -1.94. The Hall–Kier alpha value is -1.94. The van der Waals surface area contributed by atoms with Gasteiger partial charge in [-0.15, -0.1) is 0 Å². The van der Waals surface area contributed by atoms with Crippen molar-refractivity contribution in [3.05, 3.63) is 46.9 Å². The second-order valence-corrected chi connectivity index (χ2v) is 4.21. The highest BCUT2D eigenvalue weighted by atomic mass is 35.5. The van der Waals surface area contributed by atoms with E-state index in [9.17, 15) is 4.79 Å². The molecule has 1 heterocycles. The van der Waals surface area contributed by atoms with E-state index in [4.69, 9.17) is 16.3 Å². The molecule has 0 aliphatic carbocycles. The summed E-state index contributed by atoms with van der Waals surface area (Å²) < 4.78 is 5.53. The highest BCUT2D eigenvalue weighted by molar-refractivity contribution is 6.32. The third-order valence-electron chi connectivity index (χ3n) is 2.33. The SMILES string of the molecule is CC(=O)c1ccc(Oc2cc(C)ncn2)c(Cl)c1. The number of Topliss-reactive ketones (excluding diaryl/α,β-unsaturated/α-hetero) is 1. The molecule has 0 aliphatic heterocycles. The molecule has 92 valence electrons. The van der Waals surface area contributed by atoms with Crippen LogP contribution in [0.2, 0.25) is 5.02 Å². The predicted molar refractivity (Wildman–Crippen MR) is 68.3 cm³/mol. The Balaban J connectivity index is 2.27. The zero-order chi connectivity index (χ0) is 13.1. The number of ether oxygens (including phenoxy) is 1. The van der Waals surface area contributed by atoms with E-state index in [1.165, 1.54) is 13.3 Å². The average Bonchev–Trinajstić information content (AvgIpc) is 2.31. The van der Waals surface area contributed by atoms with Crippen LogP contribution >= 0.6 is 11.6 Å². The van der Waals surface area contributed by atoms with Gasteiger partial charge in [0.1, 0.15) is 12.1 Å². The number of ketones is 1. The quantitative estimate of drug-likeness (QED) is 0.795. The number of aromatic nitrogens is 2. The summed E-state index contributed by atoms with van der Waals surface area (Å²) in [6.07, 6.45) is 1.42. The van der Waals surface area contributed by atoms with Crippen LogP contribution in [0.5, 0.6) is 11.6 Å². The van der Waals surface area contributed by atoms with Crippen molar-refractivity contribution in [1.29, 1.82) is 0 Å². The number of halogens is 1. The third-order valence-corrected chi connectivity index (χ3v) is 2.63. The van der Waals surface area contributed by atoms with Crippen LogP contribution in [0.25, 0.3) is 0 Å². The Morgan fingerprint density at radius 3 is 2.67 bits per heavy atom. The van der Waals surface area contributed by atoms with E-state index in [0.717, 1.165) is 5.69 Å². The van der Waals surface area contributed by atoms with Crippen LogP contribution in [-0.4, -0.2) is 15.8 Å². The molecule has 2 aromatic rings. The first kappa shape index (κ1) is 12.5. The molecule has 0 saturated carbocycles. The van der Waals surface area contributed by atoms with Crippen molar-refractivity contribution in [2.24, 2.45) is 0 Å². The Kier molecular flexibility index (Phi) is 3.58. The molecule has 4 nitrogen and oxygen atoms in total. The summed E-state index contributed by atoms with van der Waals surface area (Å²) in [5.74, 6) is 0.834. The molecule has 0 amide bonds. The third kappa shape index (κ3) is 2.84. The molecule has 1 aromatic carbocycles. The van der Waals surface area contributed by atoms with E-state index >= 15 is 0 Å².